The summed E-state index contributed by atoms with van der Waals surface area (Å²) in [6, 6.07) is 19.4. The fourth-order valence-electron chi connectivity index (χ4n) is 3.97. The minimum Gasteiger partial charge on any atom is -0.494 e. The summed E-state index contributed by atoms with van der Waals surface area (Å²) in [5, 5.41) is 5.52. The highest BCUT2D eigenvalue weighted by Crippen LogP contribution is 2.39. The zero-order valence-corrected chi connectivity index (χ0v) is 18.7. The highest BCUT2D eigenvalue weighted by molar-refractivity contribution is 7.92. The van der Waals surface area contributed by atoms with Gasteiger partial charge in [-0.2, -0.15) is 0 Å². The minimum absolute atomic E-state index is 0.431. The van der Waals surface area contributed by atoms with Crippen LogP contribution in [0, 0.1) is 6.92 Å². The van der Waals surface area contributed by atoms with Crippen molar-refractivity contribution in [3.63, 3.8) is 0 Å². The van der Waals surface area contributed by atoms with Crippen LogP contribution in [0.1, 0.15) is 5.56 Å². The van der Waals surface area contributed by atoms with Crippen LogP contribution in [0.5, 0.6) is 5.75 Å². The van der Waals surface area contributed by atoms with Crippen LogP contribution in [0.25, 0.3) is 32.8 Å². The van der Waals surface area contributed by atoms with Crippen molar-refractivity contribution in [1.29, 1.82) is 0 Å². The number of anilines is 3. The van der Waals surface area contributed by atoms with Crippen LogP contribution < -0.4 is 14.8 Å². The van der Waals surface area contributed by atoms with Gasteiger partial charge >= 0.3 is 0 Å². The summed E-state index contributed by atoms with van der Waals surface area (Å²) < 4.78 is 31.2. The van der Waals surface area contributed by atoms with Gasteiger partial charge in [-0.05, 0) is 36.8 Å². The van der Waals surface area contributed by atoms with Gasteiger partial charge in [0.25, 0.3) is 0 Å². The molecule has 5 rings (SSSR count). The molecule has 2 heterocycles. The predicted octanol–water partition coefficient (Wildman–Crippen LogP) is 5.30. The Labute approximate surface area is 185 Å². The van der Waals surface area contributed by atoms with Crippen LogP contribution >= 0.6 is 0 Å². The van der Waals surface area contributed by atoms with Crippen molar-refractivity contribution in [3.8, 4) is 5.75 Å². The first-order valence-electron chi connectivity index (χ1n) is 10.1. The molecule has 0 aliphatic carbocycles. The van der Waals surface area contributed by atoms with Gasteiger partial charge in [0.2, 0.25) is 10.0 Å². The molecule has 3 aromatic carbocycles. The maximum Gasteiger partial charge on any atom is 0.229 e. The van der Waals surface area contributed by atoms with Crippen molar-refractivity contribution < 1.29 is 13.2 Å². The molecule has 2 aromatic heterocycles. The van der Waals surface area contributed by atoms with Gasteiger partial charge in [0, 0.05) is 22.4 Å². The number of aryl methyl sites for hydroxylation is 1. The second kappa shape index (κ2) is 7.42. The van der Waals surface area contributed by atoms with Gasteiger partial charge in [0.1, 0.15) is 5.75 Å². The first-order valence-corrected chi connectivity index (χ1v) is 12.0. The molecule has 162 valence electrons. The summed E-state index contributed by atoms with van der Waals surface area (Å²) >= 11 is 0. The lowest BCUT2D eigenvalue weighted by molar-refractivity contribution is 0.417. The average Bonchev–Trinajstić information content (AvgIpc) is 3.10. The lowest BCUT2D eigenvalue weighted by Crippen LogP contribution is -2.09. The number of rotatable bonds is 5. The number of benzene rings is 3. The van der Waals surface area contributed by atoms with E-state index in [2.05, 4.69) is 40.1 Å². The monoisotopic (exact) mass is 446 g/mol. The van der Waals surface area contributed by atoms with E-state index in [9.17, 15) is 8.42 Å². The van der Waals surface area contributed by atoms with Gasteiger partial charge in [0.15, 0.2) is 0 Å². The molecule has 32 heavy (non-hydrogen) atoms. The Morgan fingerprint density at radius 3 is 2.59 bits per heavy atom. The van der Waals surface area contributed by atoms with Crippen molar-refractivity contribution in [2.24, 2.45) is 0 Å². The number of fused-ring (bicyclic) bond motifs is 4. The van der Waals surface area contributed by atoms with E-state index in [1.165, 1.54) is 5.56 Å². The third-order valence-electron chi connectivity index (χ3n) is 5.35. The molecule has 3 N–H and O–H groups in total. The Bertz CT molecular complexity index is 1610. The van der Waals surface area contributed by atoms with Crippen molar-refractivity contribution in [2.75, 3.05) is 23.4 Å². The molecule has 0 radical (unpaired) electrons. The van der Waals surface area contributed by atoms with Crippen LogP contribution in [-0.4, -0.2) is 31.8 Å². The molecule has 0 spiro atoms. The van der Waals surface area contributed by atoms with Crippen LogP contribution in [0.2, 0.25) is 0 Å². The van der Waals surface area contributed by atoms with E-state index in [0.717, 1.165) is 44.8 Å². The summed E-state index contributed by atoms with van der Waals surface area (Å²) in [4.78, 5) is 8.44. The van der Waals surface area contributed by atoms with Gasteiger partial charge in [-0.1, -0.05) is 30.3 Å². The normalized spacial score (nSPS) is 11.8. The third kappa shape index (κ3) is 3.58. The Hall–Kier alpha value is -3.78. The SMILES string of the molecule is COc1cc(NS(C)(=O)=O)ccc1Nc1c2ccccc2nc2c1[nH]c1cc(C)ccc12. The summed E-state index contributed by atoms with van der Waals surface area (Å²) in [6.45, 7) is 2.06. The number of nitrogens with one attached hydrogen (secondary N) is 3. The minimum atomic E-state index is -3.39. The summed E-state index contributed by atoms with van der Waals surface area (Å²) in [5.74, 6) is 0.514. The van der Waals surface area contributed by atoms with E-state index in [-0.39, 0.29) is 0 Å². The predicted molar refractivity (Wildman–Crippen MR) is 131 cm³/mol. The molecule has 0 aliphatic rings. The number of H-pyrrole nitrogens is 1. The molecule has 0 atom stereocenters. The molecular weight excluding hydrogens is 424 g/mol. The fraction of sp³-hybridized carbons (Fsp3) is 0.125. The van der Waals surface area contributed by atoms with Crippen LogP contribution in [0.15, 0.2) is 60.7 Å². The maximum absolute atomic E-state index is 11.6. The Morgan fingerprint density at radius 2 is 1.81 bits per heavy atom. The van der Waals surface area contributed by atoms with Crippen LogP contribution in [0.3, 0.4) is 0 Å². The molecule has 0 bridgehead atoms. The second-order valence-corrected chi connectivity index (χ2v) is 9.56. The number of hydrogen-bond acceptors (Lipinski definition) is 5. The molecule has 7 nitrogen and oxygen atoms in total. The van der Waals surface area contributed by atoms with E-state index >= 15 is 0 Å². The molecule has 0 saturated carbocycles. The number of ether oxygens (including phenoxy) is 1. The standard InChI is InChI=1S/C24H22N4O3S/c1-14-8-10-17-20(12-14)27-24-22(16-6-4-5-7-18(16)25-23(17)24)26-19-11-9-15(13-21(19)31-2)28-32(3,29)30/h4-13,27-28H,1-3H3,(H,25,26). The van der Waals surface area contributed by atoms with Crippen molar-refractivity contribution in [2.45, 2.75) is 6.92 Å². The maximum atomic E-state index is 11.6. The lowest BCUT2D eigenvalue weighted by Gasteiger charge is -2.15. The molecule has 0 saturated heterocycles. The smallest absolute Gasteiger partial charge is 0.229 e. The quantitative estimate of drug-likeness (QED) is 0.340. The van der Waals surface area contributed by atoms with Gasteiger partial charge in [-0.15, -0.1) is 0 Å². The Balaban J connectivity index is 1.72. The fourth-order valence-corrected chi connectivity index (χ4v) is 4.52. The number of aromatic amines is 1. The number of nitrogens with zero attached hydrogens (tertiary/aromatic N) is 1. The first-order chi connectivity index (χ1) is 15.3. The largest absolute Gasteiger partial charge is 0.494 e. The van der Waals surface area contributed by atoms with E-state index in [1.54, 1.807) is 25.3 Å². The molecule has 0 aliphatic heterocycles. The summed E-state index contributed by atoms with van der Waals surface area (Å²) in [5.41, 5.74) is 6.85. The topological polar surface area (TPSA) is 96.1 Å². The number of methoxy groups -OCH3 is 1. The number of aromatic nitrogens is 2. The zero-order chi connectivity index (χ0) is 22.5. The van der Waals surface area contributed by atoms with E-state index in [1.807, 2.05) is 24.3 Å². The summed E-state index contributed by atoms with van der Waals surface area (Å²) in [6.07, 6.45) is 1.11. The van der Waals surface area contributed by atoms with Crippen molar-refractivity contribution in [3.05, 3.63) is 66.2 Å². The average molecular weight is 447 g/mol. The zero-order valence-electron chi connectivity index (χ0n) is 17.9. The molecule has 0 unspecified atom stereocenters. The van der Waals surface area contributed by atoms with Crippen molar-refractivity contribution >= 4 is 59.9 Å². The highest BCUT2D eigenvalue weighted by atomic mass is 32.2. The lowest BCUT2D eigenvalue weighted by atomic mass is 10.1. The number of para-hydroxylation sites is 1. The van der Waals surface area contributed by atoms with Crippen LogP contribution in [-0.2, 0) is 10.0 Å². The second-order valence-electron chi connectivity index (χ2n) is 7.82. The Kier molecular flexibility index (Phi) is 4.67. The molecule has 5 aromatic rings. The Morgan fingerprint density at radius 1 is 1.00 bits per heavy atom. The third-order valence-corrected chi connectivity index (χ3v) is 5.95. The van der Waals surface area contributed by atoms with Gasteiger partial charge < -0.3 is 15.0 Å². The first kappa shape index (κ1) is 20.1. The number of pyridine rings is 1. The van der Waals surface area contributed by atoms with Gasteiger partial charge in [-0.25, -0.2) is 13.4 Å². The number of sulfonamides is 1. The molecular formula is C24H22N4O3S. The van der Waals surface area contributed by atoms with Crippen molar-refractivity contribution in [1.82, 2.24) is 9.97 Å². The van der Waals surface area contributed by atoms with E-state index < -0.39 is 10.0 Å². The van der Waals surface area contributed by atoms with E-state index in [4.69, 9.17) is 9.72 Å². The van der Waals surface area contributed by atoms with Crippen LogP contribution in [0.4, 0.5) is 17.1 Å². The molecule has 0 amide bonds. The molecule has 0 fully saturated rings. The summed E-state index contributed by atoms with van der Waals surface area (Å²) in [7, 11) is -1.84. The van der Waals surface area contributed by atoms with E-state index in [0.29, 0.717) is 17.1 Å². The highest BCUT2D eigenvalue weighted by Gasteiger charge is 2.16. The number of hydrogen-bond donors (Lipinski definition) is 3. The van der Waals surface area contributed by atoms with Gasteiger partial charge in [0.05, 0.1) is 47.0 Å². The van der Waals surface area contributed by atoms with Gasteiger partial charge in [-0.3, -0.25) is 4.72 Å². The molecule has 8 heteroatoms.